The standard InChI is InChI=1S/C24H18N4O2S/c1-16-6-10-18(11-7-16)26-22(29)15-31-24-27-21-5-3-2-4-20(21)23(30)28(24)19-12-8-17(14-25)9-13-19/h2-13H,15H2,1H3,(H,26,29). The van der Waals surface area contributed by atoms with Gasteiger partial charge in [-0.1, -0.05) is 41.6 Å². The number of amides is 1. The minimum atomic E-state index is -0.225. The average Bonchev–Trinajstić information content (AvgIpc) is 2.79. The Bertz CT molecular complexity index is 1350. The van der Waals surface area contributed by atoms with Crippen LogP contribution in [0.2, 0.25) is 0 Å². The van der Waals surface area contributed by atoms with Crippen molar-refractivity contribution >= 4 is 34.3 Å². The molecule has 1 aromatic heterocycles. The van der Waals surface area contributed by atoms with Crippen molar-refractivity contribution in [3.05, 3.63) is 94.3 Å². The summed E-state index contributed by atoms with van der Waals surface area (Å²) >= 11 is 1.19. The van der Waals surface area contributed by atoms with E-state index in [1.54, 1.807) is 42.5 Å². The quantitative estimate of drug-likeness (QED) is 0.380. The molecule has 0 fully saturated rings. The molecule has 0 aliphatic rings. The Morgan fingerprint density at radius 3 is 2.48 bits per heavy atom. The van der Waals surface area contributed by atoms with Crippen LogP contribution in [0.25, 0.3) is 16.6 Å². The largest absolute Gasteiger partial charge is 0.325 e. The van der Waals surface area contributed by atoms with Gasteiger partial charge in [0.1, 0.15) is 0 Å². The molecule has 1 amide bonds. The molecule has 152 valence electrons. The number of aryl methyl sites for hydroxylation is 1. The van der Waals surface area contributed by atoms with E-state index in [0.717, 1.165) is 5.56 Å². The van der Waals surface area contributed by atoms with Crippen molar-refractivity contribution in [1.82, 2.24) is 9.55 Å². The van der Waals surface area contributed by atoms with Gasteiger partial charge in [0.2, 0.25) is 5.91 Å². The fourth-order valence-electron chi connectivity index (χ4n) is 3.09. The lowest BCUT2D eigenvalue weighted by Crippen LogP contribution is -2.23. The van der Waals surface area contributed by atoms with Gasteiger partial charge in [-0.15, -0.1) is 0 Å². The Kier molecular flexibility index (Phi) is 5.83. The van der Waals surface area contributed by atoms with Crippen molar-refractivity contribution in [3.8, 4) is 11.8 Å². The first kappa shape index (κ1) is 20.4. The predicted molar refractivity (Wildman–Crippen MR) is 123 cm³/mol. The van der Waals surface area contributed by atoms with E-state index in [1.165, 1.54) is 16.3 Å². The van der Waals surface area contributed by atoms with Crippen LogP contribution in [-0.4, -0.2) is 21.2 Å². The molecule has 31 heavy (non-hydrogen) atoms. The topological polar surface area (TPSA) is 87.8 Å². The predicted octanol–water partition coefficient (Wildman–Crippen LogP) is 4.30. The van der Waals surface area contributed by atoms with Crippen molar-refractivity contribution in [2.24, 2.45) is 0 Å². The number of nitriles is 1. The van der Waals surface area contributed by atoms with E-state index < -0.39 is 0 Å². The number of fused-ring (bicyclic) bond motifs is 1. The van der Waals surface area contributed by atoms with Crippen LogP contribution < -0.4 is 10.9 Å². The minimum absolute atomic E-state index is 0.0922. The lowest BCUT2D eigenvalue weighted by atomic mass is 10.2. The lowest BCUT2D eigenvalue weighted by Gasteiger charge is -2.13. The Labute approximate surface area is 183 Å². The van der Waals surface area contributed by atoms with Crippen LogP contribution in [-0.2, 0) is 4.79 Å². The second-order valence-corrected chi connectivity index (χ2v) is 7.86. The van der Waals surface area contributed by atoms with E-state index in [9.17, 15) is 9.59 Å². The number of nitrogens with one attached hydrogen (secondary N) is 1. The Hall–Kier alpha value is -3.89. The van der Waals surface area contributed by atoms with Crippen molar-refractivity contribution in [1.29, 1.82) is 5.26 Å². The maximum absolute atomic E-state index is 13.2. The molecule has 0 spiro atoms. The summed E-state index contributed by atoms with van der Waals surface area (Å²) in [4.78, 5) is 30.3. The van der Waals surface area contributed by atoms with Crippen molar-refractivity contribution in [2.45, 2.75) is 12.1 Å². The number of aromatic nitrogens is 2. The number of anilines is 1. The molecule has 0 radical (unpaired) electrons. The summed E-state index contributed by atoms with van der Waals surface area (Å²) in [5, 5.41) is 12.8. The third-order valence-electron chi connectivity index (χ3n) is 4.67. The highest BCUT2D eigenvalue weighted by Gasteiger charge is 2.15. The smallest absolute Gasteiger partial charge is 0.266 e. The molecule has 0 aliphatic heterocycles. The zero-order valence-corrected chi connectivity index (χ0v) is 17.5. The molecule has 0 aliphatic carbocycles. The minimum Gasteiger partial charge on any atom is -0.325 e. The summed E-state index contributed by atoms with van der Waals surface area (Å²) in [6.45, 7) is 1.98. The summed E-state index contributed by atoms with van der Waals surface area (Å²) in [6.07, 6.45) is 0. The maximum atomic E-state index is 13.2. The zero-order chi connectivity index (χ0) is 21.8. The maximum Gasteiger partial charge on any atom is 0.266 e. The Balaban J connectivity index is 1.67. The van der Waals surface area contributed by atoms with E-state index in [0.29, 0.717) is 33.0 Å². The van der Waals surface area contributed by atoms with Gasteiger partial charge < -0.3 is 5.32 Å². The summed E-state index contributed by atoms with van der Waals surface area (Å²) < 4.78 is 1.48. The van der Waals surface area contributed by atoms with E-state index in [2.05, 4.69) is 16.4 Å². The number of carbonyl (C=O) groups is 1. The molecule has 0 saturated carbocycles. The fourth-order valence-corrected chi connectivity index (χ4v) is 3.90. The van der Waals surface area contributed by atoms with Gasteiger partial charge in [-0.05, 0) is 55.5 Å². The number of thioether (sulfide) groups is 1. The van der Waals surface area contributed by atoms with Crippen LogP contribution in [0.1, 0.15) is 11.1 Å². The molecule has 0 bridgehead atoms. The molecule has 4 aromatic rings. The molecule has 0 atom stereocenters. The number of carbonyl (C=O) groups excluding carboxylic acids is 1. The summed E-state index contributed by atoms with van der Waals surface area (Å²) in [5.74, 6) is -0.0998. The number of benzene rings is 3. The van der Waals surface area contributed by atoms with Gasteiger partial charge in [-0.25, -0.2) is 4.98 Å². The van der Waals surface area contributed by atoms with Gasteiger partial charge in [0.05, 0.1) is 34.0 Å². The summed E-state index contributed by atoms with van der Waals surface area (Å²) in [5.41, 5.74) is 3.25. The molecule has 6 nitrogen and oxygen atoms in total. The van der Waals surface area contributed by atoms with Crippen molar-refractivity contribution in [2.75, 3.05) is 11.1 Å². The first-order valence-corrected chi connectivity index (χ1v) is 10.6. The highest BCUT2D eigenvalue weighted by molar-refractivity contribution is 7.99. The summed E-state index contributed by atoms with van der Waals surface area (Å²) in [6, 6.07) is 23.4. The number of rotatable bonds is 5. The normalized spacial score (nSPS) is 10.6. The lowest BCUT2D eigenvalue weighted by molar-refractivity contribution is -0.113. The monoisotopic (exact) mass is 426 g/mol. The van der Waals surface area contributed by atoms with Crippen molar-refractivity contribution in [3.63, 3.8) is 0 Å². The van der Waals surface area contributed by atoms with Crippen LogP contribution >= 0.6 is 11.8 Å². The van der Waals surface area contributed by atoms with Gasteiger partial charge in [-0.3, -0.25) is 14.2 Å². The van der Waals surface area contributed by atoms with Gasteiger partial charge in [0.25, 0.3) is 5.56 Å². The van der Waals surface area contributed by atoms with Crippen LogP contribution in [0, 0.1) is 18.3 Å². The fraction of sp³-hybridized carbons (Fsp3) is 0.0833. The second kappa shape index (κ2) is 8.86. The second-order valence-electron chi connectivity index (χ2n) is 6.91. The molecule has 1 heterocycles. The van der Waals surface area contributed by atoms with E-state index in [4.69, 9.17) is 5.26 Å². The number of nitrogens with zero attached hydrogens (tertiary/aromatic N) is 3. The highest BCUT2D eigenvalue weighted by atomic mass is 32.2. The molecular weight excluding hydrogens is 408 g/mol. The molecule has 0 saturated heterocycles. The van der Waals surface area contributed by atoms with E-state index >= 15 is 0 Å². The van der Waals surface area contributed by atoms with Crippen LogP contribution in [0.15, 0.2) is 82.7 Å². The van der Waals surface area contributed by atoms with Crippen LogP contribution in [0.4, 0.5) is 5.69 Å². The molecule has 3 aromatic carbocycles. The molecule has 7 heteroatoms. The Morgan fingerprint density at radius 1 is 1.06 bits per heavy atom. The van der Waals surface area contributed by atoms with Crippen LogP contribution in [0.5, 0.6) is 0 Å². The first-order chi connectivity index (χ1) is 15.0. The van der Waals surface area contributed by atoms with Crippen molar-refractivity contribution < 1.29 is 4.79 Å². The number of para-hydroxylation sites is 1. The molecule has 1 N–H and O–H groups in total. The third-order valence-corrected chi connectivity index (χ3v) is 5.61. The third kappa shape index (κ3) is 4.49. The van der Waals surface area contributed by atoms with Gasteiger partial charge in [0, 0.05) is 5.69 Å². The zero-order valence-electron chi connectivity index (χ0n) is 16.7. The van der Waals surface area contributed by atoms with Gasteiger partial charge >= 0.3 is 0 Å². The SMILES string of the molecule is Cc1ccc(NC(=O)CSc2nc3ccccc3c(=O)n2-c2ccc(C#N)cc2)cc1. The average molecular weight is 427 g/mol. The summed E-state index contributed by atoms with van der Waals surface area (Å²) in [7, 11) is 0. The van der Waals surface area contributed by atoms with E-state index in [-0.39, 0.29) is 17.2 Å². The molecule has 4 rings (SSSR count). The van der Waals surface area contributed by atoms with Gasteiger partial charge in [0.15, 0.2) is 5.16 Å². The molecule has 0 unspecified atom stereocenters. The number of hydrogen-bond acceptors (Lipinski definition) is 5. The molecular formula is C24H18N4O2S. The van der Waals surface area contributed by atoms with Crippen LogP contribution in [0.3, 0.4) is 0 Å². The Morgan fingerprint density at radius 2 is 1.77 bits per heavy atom. The van der Waals surface area contributed by atoms with Gasteiger partial charge in [-0.2, -0.15) is 5.26 Å². The van der Waals surface area contributed by atoms with E-state index in [1.807, 2.05) is 37.3 Å². The first-order valence-electron chi connectivity index (χ1n) is 9.57. The number of hydrogen-bond donors (Lipinski definition) is 1. The highest BCUT2D eigenvalue weighted by Crippen LogP contribution is 2.22.